The number of hydrogen-bond acceptors (Lipinski definition) is 5. The van der Waals surface area contributed by atoms with Gasteiger partial charge in [0, 0.05) is 20.9 Å². The average Bonchev–Trinajstić information content (AvgIpc) is 3.17. The van der Waals surface area contributed by atoms with E-state index >= 15 is 0 Å². The first kappa shape index (κ1) is 22.8. The molecule has 4 aromatic rings. The molecule has 0 fully saturated rings. The number of aromatic nitrogens is 1. The van der Waals surface area contributed by atoms with Crippen LogP contribution in [0.3, 0.4) is 0 Å². The Labute approximate surface area is 206 Å². The van der Waals surface area contributed by atoms with Crippen LogP contribution in [0.25, 0.3) is 10.2 Å². The van der Waals surface area contributed by atoms with E-state index in [0.717, 1.165) is 24.6 Å². The highest BCUT2D eigenvalue weighted by atomic mass is 79.9. The Hall–Kier alpha value is -2.39. The van der Waals surface area contributed by atoms with E-state index in [0.29, 0.717) is 22.0 Å². The Balaban J connectivity index is 1.39. The molecular weight excluding hydrogens is 530 g/mol. The van der Waals surface area contributed by atoms with Crippen molar-refractivity contribution in [2.45, 2.75) is 11.3 Å². The van der Waals surface area contributed by atoms with Gasteiger partial charge in [0.15, 0.2) is 4.34 Å². The van der Waals surface area contributed by atoms with Gasteiger partial charge in [-0.05, 0) is 70.9 Å². The largest absolute Gasteiger partial charge is 0.325 e. The van der Waals surface area contributed by atoms with Crippen molar-refractivity contribution in [1.29, 1.82) is 0 Å². The number of carbonyl (C=O) groups is 2. The zero-order valence-corrected chi connectivity index (χ0v) is 20.8. The predicted octanol–water partition coefficient (Wildman–Crippen LogP) is 7.00. The number of anilines is 2. The lowest BCUT2D eigenvalue weighted by Gasteiger charge is -2.06. The van der Waals surface area contributed by atoms with Gasteiger partial charge in [-0.1, -0.05) is 41.6 Å². The van der Waals surface area contributed by atoms with E-state index in [9.17, 15) is 9.59 Å². The minimum absolute atomic E-state index is 0.129. The Morgan fingerprint density at radius 1 is 1.06 bits per heavy atom. The minimum Gasteiger partial charge on any atom is -0.325 e. The summed E-state index contributed by atoms with van der Waals surface area (Å²) in [6, 6.07) is 18.3. The first-order valence-electron chi connectivity index (χ1n) is 9.54. The van der Waals surface area contributed by atoms with Crippen molar-refractivity contribution in [2.24, 2.45) is 0 Å². The van der Waals surface area contributed by atoms with Gasteiger partial charge < -0.3 is 10.6 Å². The van der Waals surface area contributed by atoms with Crippen LogP contribution in [0.1, 0.15) is 15.9 Å². The molecule has 0 saturated carbocycles. The van der Waals surface area contributed by atoms with E-state index in [4.69, 9.17) is 11.6 Å². The number of amides is 2. The molecule has 0 aliphatic heterocycles. The quantitative estimate of drug-likeness (QED) is 0.255. The second kappa shape index (κ2) is 10.0. The fourth-order valence-electron chi connectivity index (χ4n) is 2.88. The molecule has 2 amide bonds. The van der Waals surface area contributed by atoms with Crippen LogP contribution in [0.15, 0.2) is 69.5 Å². The van der Waals surface area contributed by atoms with Gasteiger partial charge in [-0.3, -0.25) is 9.59 Å². The monoisotopic (exact) mass is 545 g/mol. The molecule has 1 aromatic heterocycles. The third kappa shape index (κ3) is 5.50. The number of thioether (sulfide) groups is 1. The number of fused-ring (bicyclic) bond motifs is 1. The normalized spacial score (nSPS) is 10.8. The molecule has 0 aliphatic carbocycles. The molecule has 2 N–H and O–H groups in total. The molecule has 0 bridgehead atoms. The van der Waals surface area contributed by atoms with Crippen molar-refractivity contribution in [3.63, 3.8) is 0 Å². The van der Waals surface area contributed by atoms with Crippen LogP contribution in [0.2, 0.25) is 5.02 Å². The summed E-state index contributed by atoms with van der Waals surface area (Å²) in [5, 5.41) is 6.38. The number of rotatable bonds is 6. The molecule has 32 heavy (non-hydrogen) atoms. The third-order valence-corrected chi connectivity index (χ3v) is 7.79. The van der Waals surface area contributed by atoms with Crippen molar-refractivity contribution in [3.8, 4) is 0 Å². The number of hydrogen-bond donors (Lipinski definition) is 2. The number of thiazole rings is 1. The molecule has 9 heteroatoms. The molecule has 3 aromatic carbocycles. The maximum atomic E-state index is 12.5. The molecule has 0 atom stereocenters. The third-order valence-electron chi connectivity index (χ3n) is 4.53. The van der Waals surface area contributed by atoms with E-state index in [1.807, 2.05) is 55.5 Å². The first-order chi connectivity index (χ1) is 15.4. The summed E-state index contributed by atoms with van der Waals surface area (Å²) in [4.78, 5) is 29.4. The van der Waals surface area contributed by atoms with Gasteiger partial charge in [0.25, 0.3) is 5.91 Å². The first-order valence-corrected chi connectivity index (χ1v) is 12.5. The lowest BCUT2D eigenvalue weighted by atomic mass is 10.2. The molecule has 0 spiro atoms. The van der Waals surface area contributed by atoms with Gasteiger partial charge in [0.2, 0.25) is 5.91 Å². The molecule has 0 unspecified atom stereocenters. The van der Waals surface area contributed by atoms with Gasteiger partial charge in [-0.25, -0.2) is 4.98 Å². The fourth-order valence-corrected chi connectivity index (χ4v) is 5.43. The van der Waals surface area contributed by atoms with Crippen LogP contribution in [0.5, 0.6) is 0 Å². The second-order valence-electron chi connectivity index (χ2n) is 6.90. The Bertz CT molecular complexity index is 1330. The van der Waals surface area contributed by atoms with Gasteiger partial charge in [0.1, 0.15) is 0 Å². The summed E-state index contributed by atoms with van der Waals surface area (Å²) in [7, 11) is 0. The summed E-state index contributed by atoms with van der Waals surface area (Å²) < 4.78 is 2.45. The number of nitrogens with one attached hydrogen (secondary N) is 2. The summed E-state index contributed by atoms with van der Waals surface area (Å²) in [5.41, 5.74) is 3.70. The Morgan fingerprint density at radius 3 is 2.59 bits per heavy atom. The molecule has 0 saturated heterocycles. The maximum Gasteiger partial charge on any atom is 0.256 e. The standard InChI is InChI=1S/C23H17BrClN3O2S2/c1-13-6-7-14(10-18(13)25)26-21(29)12-31-23-28-19-9-8-15(11-20(19)32-23)27-22(30)16-4-2-3-5-17(16)24/h2-11H,12H2,1H3,(H,26,29)(H,27,30). The van der Waals surface area contributed by atoms with Crippen LogP contribution in [-0.4, -0.2) is 22.6 Å². The van der Waals surface area contributed by atoms with E-state index in [2.05, 4.69) is 31.5 Å². The molecule has 0 radical (unpaired) electrons. The topological polar surface area (TPSA) is 71.1 Å². The molecule has 4 rings (SSSR count). The zero-order valence-electron chi connectivity index (χ0n) is 16.8. The molecule has 5 nitrogen and oxygen atoms in total. The highest BCUT2D eigenvalue weighted by Gasteiger charge is 2.12. The van der Waals surface area contributed by atoms with E-state index in [1.54, 1.807) is 12.1 Å². The molecular formula is C23H17BrClN3O2S2. The summed E-state index contributed by atoms with van der Waals surface area (Å²) in [6.07, 6.45) is 0. The lowest BCUT2D eigenvalue weighted by molar-refractivity contribution is -0.113. The van der Waals surface area contributed by atoms with Gasteiger partial charge in [0.05, 0.1) is 21.5 Å². The van der Waals surface area contributed by atoms with Crippen molar-refractivity contribution in [2.75, 3.05) is 16.4 Å². The Kier molecular flexibility index (Phi) is 7.15. The molecule has 0 aliphatic rings. The fraction of sp³-hybridized carbons (Fsp3) is 0.0870. The van der Waals surface area contributed by atoms with Gasteiger partial charge in [-0.15, -0.1) is 11.3 Å². The summed E-state index contributed by atoms with van der Waals surface area (Å²) in [6.45, 7) is 1.91. The highest BCUT2D eigenvalue weighted by molar-refractivity contribution is 9.10. The second-order valence-corrected chi connectivity index (χ2v) is 10.4. The molecule has 162 valence electrons. The Morgan fingerprint density at radius 2 is 1.81 bits per heavy atom. The number of carbonyl (C=O) groups excluding carboxylic acids is 2. The van der Waals surface area contributed by atoms with Crippen molar-refractivity contribution in [1.82, 2.24) is 4.98 Å². The number of nitrogens with zero attached hydrogens (tertiary/aromatic N) is 1. The summed E-state index contributed by atoms with van der Waals surface area (Å²) in [5.74, 6) is -0.0869. The lowest BCUT2D eigenvalue weighted by Crippen LogP contribution is -2.13. The number of aryl methyl sites for hydroxylation is 1. The highest BCUT2D eigenvalue weighted by Crippen LogP contribution is 2.32. The maximum absolute atomic E-state index is 12.5. The van der Waals surface area contributed by atoms with Crippen LogP contribution < -0.4 is 10.6 Å². The summed E-state index contributed by atoms with van der Waals surface area (Å²) >= 11 is 12.4. The average molecular weight is 547 g/mol. The minimum atomic E-state index is -0.191. The van der Waals surface area contributed by atoms with Crippen molar-refractivity contribution >= 4 is 84.0 Å². The van der Waals surface area contributed by atoms with Crippen LogP contribution in [-0.2, 0) is 4.79 Å². The van der Waals surface area contributed by atoms with Crippen molar-refractivity contribution < 1.29 is 9.59 Å². The van der Waals surface area contributed by atoms with Crippen LogP contribution >= 0.6 is 50.6 Å². The smallest absolute Gasteiger partial charge is 0.256 e. The van der Waals surface area contributed by atoms with Gasteiger partial charge >= 0.3 is 0 Å². The van der Waals surface area contributed by atoms with Crippen LogP contribution in [0.4, 0.5) is 11.4 Å². The van der Waals surface area contributed by atoms with Gasteiger partial charge in [-0.2, -0.15) is 0 Å². The van der Waals surface area contributed by atoms with E-state index < -0.39 is 0 Å². The molecule has 1 heterocycles. The van der Waals surface area contributed by atoms with Crippen molar-refractivity contribution in [3.05, 3.63) is 81.3 Å². The number of benzene rings is 3. The predicted molar refractivity (Wildman–Crippen MR) is 137 cm³/mol. The SMILES string of the molecule is Cc1ccc(NC(=O)CSc2nc3ccc(NC(=O)c4ccccc4Br)cc3s2)cc1Cl. The zero-order chi connectivity index (χ0) is 22.7. The van der Waals surface area contributed by atoms with E-state index in [1.165, 1.54) is 23.1 Å². The number of halogens is 2. The van der Waals surface area contributed by atoms with Crippen LogP contribution in [0, 0.1) is 6.92 Å². The van der Waals surface area contributed by atoms with E-state index in [-0.39, 0.29) is 17.6 Å².